The summed E-state index contributed by atoms with van der Waals surface area (Å²) in [7, 11) is 0. The first-order chi connectivity index (χ1) is 19.3. The molecule has 0 bridgehead atoms. The SMILES string of the molecule is Brc1c(-c2cccc3ccccc23)sc2cc(-c3ccc(-n4c5ccccc5c5ccccc54)cc3)ccc12. The number of para-hydroxylation sites is 2. The largest absolute Gasteiger partial charge is 0.309 e. The minimum Gasteiger partial charge on any atom is -0.309 e. The van der Waals surface area contributed by atoms with Gasteiger partial charge in [-0.05, 0) is 68.2 Å². The van der Waals surface area contributed by atoms with Crippen molar-refractivity contribution in [1.29, 1.82) is 0 Å². The van der Waals surface area contributed by atoms with E-state index < -0.39 is 0 Å². The molecule has 184 valence electrons. The van der Waals surface area contributed by atoms with Crippen LogP contribution in [-0.4, -0.2) is 4.57 Å². The molecule has 0 fully saturated rings. The fourth-order valence-electron chi connectivity index (χ4n) is 5.85. The highest BCUT2D eigenvalue weighted by atomic mass is 79.9. The van der Waals surface area contributed by atoms with Crippen LogP contribution < -0.4 is 0 Å². The summed E-state index contributed by atoms with van der Waals surface area (Å²) in [5, 5.41) is 6.38. The average Bonchev–Trinajstić information content (AvgIpc) is 3.51. The van der Waals surface area contributed by atoms with Crippen molar-refractivity contribution in [3.05, 3.63) is 138 Å². The van der Waals surface area contributed by atoms with Gasteiger partial charge >= 0.3 is 0 Å². The first-order valence-corrected chi connectivity index (χ1v) is 14.7. The Labute approximate surface area is 238 Å². The monoisotopic (exact) mass is 579 g/mol. The number of aromatic nitrogens is 1. The Balaban J connectivity index is 1.22. The first-order valence-electron chi connectivity index (χ1n) is 13.1. The summed E-state index contributed by atoms with van der Waals surface area (Å²) in [4.78, 5) is 1.28. The zero-order valence-electron chi connectivity index (χ0n) is 20.9. The average molecular weight is 581 g/mol. The van der Waals surface area contributed by atoms with Crippen LogP contribution in [0.5, 0.6) is 0 Å². The van der Waals surface area contributed by atoms with Gasteiger partial charge in [-0.1, -0.05) is 103 Å². The summed E-state index contributed by atoms with van der Waals surface area (Å²) in [6.07, 6.45) is 0. The molecule has 0 aliphatic heterocycles. The molecular formula is C36H22BrNS. The van der Waals surface area contributed by atoms with Gasteiger partial charge in [0.25, 0.3) is 0 Å². The summed E-state index contributed by atoms with van der Waals surface area (Å²) in [6.45, 7) is 0. The lowest BCUT2D eigenvalue weighted by atomic mass is 10.0. The third-order valence-electron chi connectivity index (χ3n) is 7.70. The van der Waals surface area contributed by atoms with Gasteiger partial charge in [0.05, 0.1) is 15.9 Å². The van der Waals surface area contributed by atoms with E-state index in [9.17, 15) is 0 Å². The van der Waals surface area contributed by atoms with E-state index >= 15 is 0 Å². The summed E-state index contributed by atoms with van der Waals surface area (Å²) >= 11 is 5.79. The Morgan fingerprint density at radius 2 is 1.13 bits per heavy atom. The van der Waals surface area contributed by atoms with E-state index in [2.05, 4.69) is 154 Å². The molecule has 0 amide bonds. The van der Waals surface area contributed by atoms with Gasteiger partial charge in [0, 0.05) is 36.6 Å². The van der Waals surface area contributed by atoms with E-state index in [4.69, 9.17) is 0 Å². The topological polar surface area (TPSA) is 4.93 Å². The standard InChI is InChI=1S/C36H22BrNS/c37-35-31-21-18-25(22-34(31)39-36(35)30-13-7-9-24-8-1-2-10-27(24)30)23-16-19-26(20-17-23)38-32-14-5-3-11-28(32)29-12-4-6-15-33(29)38/h1-22H. The Bertz CT molecular complexity index is 2120. The van der Waals surface area contributed by atoms with Crippen molar-refractivity contribution in [2.45, 2.75) is 0 Å². The van der Waals surface area contributed by atoms with Crippen LogP contribution in [0.4, 0.5) is 0 Å². The quantitative estimate of drug-likeness (QED) is 0.196. The number of nitrogens with zero attached hydrogens (tertiary/aromatic N) is 1. The minimum absolute atomic E-state index is 1.17. The molecule has 2 heterocycles. The van der Waals surface area contributed by atoms with Crippen LogP contribution >= 0.6 is 27.3 Å². The van der Waals surface area contributed by atoms with Crippen molar-refractivity contribution in [3.8, 4) is 27.3 Å². The molecular weight excluding hydrogens is 558 g/mol. The van der Waals surface area contributed by atoms with Crippen LogP contribution in [-0.2, 0) is 0 Å². The Morgan fingerprint density at radius 3 is 1.87 bits per heavy atom. The van der Waals surface area contributed by atoms with Gasteiger partial charge in [0.1, 0.15) is 0 Å². The second kappa shape index (κ2) is 8.94. The van der Waals surface area contributed by atoms with Crippen LogP contribution in [0.15, 0.2) is 138 Å². The first kappa shape index (κ1) is 22.8. The predicted molar refractivity (Wildman–Crippen MR) is 172 cm³/mol. The molecule has 39 heavy (non-hydrogen) atoms. The lowest BCUT2D eigenvalue weighted by Crippen LogP contribution is -1.93. The van der Waals surface area contributed by atoms with Crippen LogP contribution in [0, 0.1) is 0 Å². The molecule has 0 saturated heterocycles. The molecule has 3 heteroatoms. The maximum atomic E-state index is 3.93. The number of hydrogen-bond donors (Lipinski definition) is 0. The molecule has 1 nitrogen and oxygen atoms in total. The third kappa shape index (κ3) is 3.58. The van der Waals surface area contributed by atoms with E-state index in [1.165, 1.54) is 74.4 Å². The minimum atomic E-state index is 1.17. The molecule has 0 atom stereocenters. The highest BCUT2D eigenvalue weighted by molar-refractivity contribution is 9.10. The van der Waals surface area contributed by atoms with E-state index in [1.807, 2.05) is 11.3 Å². The highest BCUT2D eigenvalue weighted by Crippen LogP contribution is 2.45. The van der Waals surface area contributed by atoms with Gasteiger partial charge in [-0.2, -0.15) is 0 Å². The Morgan fingerprint density at radius 1 is 0.513 bits per heavy atom. The summed E-state index contributed by atoms with van der Waals surface area (Å²) in [6, 6.07) is 48.3. The molecule has 8 aromatic rings. The fourth-order valence-corrected chi connectivity index (χ4v) is 7.95. The number of benzene rings is 6. The Hall–Kier alpha value is -4.18. The molecule has 0 radical (unpaired) electrons. The third-order valence-corrected chi connectivity index (χ3v) is 9.97. The molecule has 8 rings (SSSR count). The van der Waals surface area contributed by atoms with Gasteiger partial charge in [0.2, 0.25) is 0 Å². The van der Waals surface area contributed by atoms with E-state index in [-0.39, 0.29) is 0 Å². The van der Waals surface area contributed by atoms with Crippen LogP contribution in [0.25, 0.3) is 69.9 Å². The van der Waals surface area contributed by atoms with E-state index in [1.54, 1.807) is 0 Å². The number of rotatable bonds is 3. The van der Waals surface area contributed by atoms with Crippen molar-refractivity contribution in [2.24, 2.45) is 0 Å². The number of hydrogen-bond acceptors (Lipinski definition) is 1. The van der Waals surface area contributed by atoms with E-state index in [0.717, 1.165) is 0 Å². The maximum Gasteiger partial charge on any atom is 0.0541 e. The van der Waals surface area contributed by atoms with Gasteiger partial charge in [-0.15, -0.1) is 11.3 Å². The Kier molecular flexibility index (Phi) is 5.22. The van der Waals surface area contributed by atoms with Crippen molar-refractivity contribution in [2.75, 3.05) is 0 Å². The van der Waals surface area contributed by atoms with Crippen LogP contribution in [0.2, 0.25) is 0 Å². The fraction of sp³-hybridized carbons (Fsp3) is 0. The molecule has 2 aromatic heterocycles. The summed E-state index contributed by atoms with van der Waals surface area (Å²) in [5.41, 5.74) is 7.37. The van der Waals surface area contributed by atoms with E-state index in [0.29, 0.717) is 0 Å². The van der Waals surface area contributed by atoms with Crippen molar-refractivity contribution < 1.29 is 0 Å². The highest BCUT2D eigenvalue weighted by Gasteiger charge is 2.15. The number of fused-ring (bicyclic) bond motifs is 5. The molecule has 6 aromatic carbocycles. The van der Waals surface area contributed by atoms with Crippen molar-refractivity contribution in [1.82, 2.24) is 4.57 Å². The molecule has 0 N–H and O–H groups in total. The predicted octanol–water partition coefficient (Wildman–Crippen LogP) is 11.2. The second-order valence-corrected chi connectivity index (χ2v) is 11.7. The smallest absolute Gasteiger partial charge is 0.0541 e. The van der Waals surface area contributed by atoms with Gasteiger partial charge in [-0.25, -0.2) is 0 Å². The molecule has 0 saturated carbocycles. The number of halogens is 1. The molecule has 0 spiro atoms. The maximum absolute atomic E-state index is 3.93. The number of thiophene rings is 1. The summed E-state index contributed by atoms with van der Waals surface area (Å²) in [5.74, 6) is 0. The van der Waals surface area contributed by atoms with Crippen molar-refractivity contribution >= 4 is 69.9 Å². The van der Waals surface area contributed by atoms with Crippen LogP contribution in [0.3, 0.4) is 0 Å². The van der Waals surface area contributed by atoms with Gasteiger partial charge in [0.15, 0.2) is 0 Å². The van der Waals surface area contributed by atoms with Gasteiger partial charge < -0.3 is 4.57 Å². The lowest BCUT2D eigenvalue weighted by molar-refractivity contribution is 1.18. The zero-order valence-corrected chi connectivity index (χ0v) is 23.3. The van der Waals surface area contributed by atoms with Crippen molar-refractivity contribution in [3.63, 3.8) is 0 Å². The molecule has 0 aliphatic carbocycles. The van der Waals surface area contributed by atoms with Gasteiger partial charge in [-0.3, -0.25) is 0 Å². The zero-order chi connectivity index (χ0) is 25.9. The normalized spacial score (nSPS) is 11.7. The molecule has 0 aliphatic rings. The lowest BCUT2D eigenvalue weighted by Gasteiger charge is -2.09. The second-order valence-electron chi connectivity index (χ2n) is 9.90. The summed E-state index contributed by atoms with van der Waals surface area (Å²) < 4.78 is 4.82. The molecule has 0 unspecified atom stereocenters. The van der Waals surface area contributed by atoms with Crippen LogP contribution in [0.1, 0.15) is 0 Å².